The van der Waals surface area contributed by atoms with E-state index in [0.29, 0.717) is 22.3 Å². The number of rotatable bonds is 6. The van der Waals surface area contributed by atoms with Gasteiger partial charge in [0.25, 0.3) is 11.8 Å². The lowest BCUT2D eigenvalue weighted by atomic mass is 10.2. The van der Waals surface area contributed by atoms with E-state index in [1.165, 1.54) is 9.80 Å². The van der Waals surface area contributed by atoms with Crippen LogP contribution in [0.1, 0.15) is 20.8 Å². The summed E-state index contributed by atoms with van der Waals surface area (Å²) in [7, 11) is 0. The zero-order valence-corrected chi connectivity index (χ0v) is 17.0. The highest BCUT2D eigenvalue weighted by Crippen LogP contribution is 2.25. The van der Waals surface area contributed by atoms with Crippen LogP contribution < -0.4 is 20.4 Å². The molecule has 0 aromatic heterocycles. The maximum atomic E-state index is 12.6. The summed E-state index contributed by atoms with van der Waals surface area (Å²) in [5, 5.41) is 6.79. The summed E-state index contributed by atoms with van der Waals surface area (Å²) < 4.78 is 0. The summed E-state index contributed by atoms with van der Waals surface area (Å²) in [4.78, 5) is 26.9. The minimum Gasteiger partial charge on any atom is -0.349 e. The normalized spacial score (nSPS) is 21.3. The fourth-order valence-electron chi connectivity index (χ4n) is 3.15. The van der Waals surface area contributed by atoms with Crippen molar-refractivity contribution < 1.29 is 19.4 Å². The van der Waals surface area contributed by atoms with Gasteiger partial charge < -0.3 is 20.4 Å². The van der Waals surface area contributed by atoms with Crippen LogP contribution in [0, 0.1) is 0 Å². The van der Waals surface area contributed by atoms with Crippen LogP contribution in [0.25, 0.3) is 0 Å². The summed E-state index contributed by atoms with van der Waals surface area (Å²) in [6.07, 6.45) is 0. The lowest BCUT2D eigenvalue weighted by Gasteiger charge is -2.32. The number of quaternary nitrogens is 2. The molecule has 0 aliphatic carbocycles. The van der Waals surface area contributed by atoms with Crippen molar-refractivity contribution in [3.63, 3.8) is 0 Å². The number of piperazine rings is 1. The molecule has 0 unspecified atom stereocenters. The Hall–Kier alpha value is -1.34. The van der Waals surface area contributed by atoms with E-state index in [1.807, 2.05) is 20.8 Å². The molecule has 1 aliphatic rings. The summed E-state index contributed by atoms with van der Waals surface area (Å²) >= 11 is 12.1. The number of hydrogen-bond donors (Lipinski definition) is 4. The highest BCUT2D eigenvalue weighted by atomic mass is 35.5. The molecule has 1 atom stereocenters. The van der Waals surface area contributed by atoms with Crippen molar-refractivity contribution in [2.75, 3.05) is 38.0 Å². The molecule has 26 heavy (non-hydrogen) atoms. The van der Waals surface area contributed by atoms with E-state index >= 15 is 0 Å². The minimum atomic E-state index is -0.198. The predicted molar refractivity (Wildman–Crippen MR) is 104 cm³/mol. The molecular weight excluding hydrogens is 375 g/mol. The Labute approximate surface area is 164 Å². The zero-order chi connectivity index (χ0) is 19.3. The van der Waals surface area contributed by atoms with Crippen LogP contribution in [-0.2, 0) is 9.59 Å². The number of carbonyl (C=O) groups excluding carboxylic acids is 2. The number of amides is 2. The fourth-order valence-corrected chi connectivity index (χ4v) is 3.49. The number of nitrogens with one attached hydrogen (secondary N) is 4. The van der Waals surface area contributed by atoms with Crippen LogP contribution in [0.15, 0.2) is 18.2 Å². The number of benzene rings is 1. The van der Waals surface area contributed by atoms with Gasteiger partial charge in [0, 0.05) is 11.1 Å². The standard InChI is InChI=1S/C18H26Cl2N4O2/c1-12(2)21-17(25)11-23-6-8-24(9-7-23)13(3)18(26)22-16-10-14(19)4-5-15(16)20/h4-5,10,12-13H,6-9,11H2,1-3H3,(H,21,25)(H,22,26)/p+2/t13-/m1/s1. The van der Waals surface area contributed by atoms with Gasteiger partial charge in [-0.25, -0.2) is 0 Å². The molecule has 2 amide bonds. The molecule has 0 bridgehead atoms. The molecule has 0 radical (unpaired) electrons. The Morgan fingerprint density at radius 1 is 1.12 bits per heavy atom. The van der Waals surface area contributed by atoms with E-state index in [0.717, 1.165) is 26.2 Å². The third-order valence-corrected chi connectivity index (χ3v) is 5.22. The molecule has 1 fully saturated rings. The first-order valence-corrected chi connectivity index (χ1v) is 9.75. The highest BCUT2D eigenvalue weighted by Gasteiger charge is 2.32. The van der Waals surface area contributed by atoms with E-state index in [9.17, 15) is 9.59 Å². The Bertz CT molecular complexity index is 646. The van der Waals surface area contributed by atoms with Gasteiger partial charge in [0.05, 0.1) is 10.7 Å². The zero-order valence-electron chi connectivity index (χ0n) is 15.5. The number of hydrogen-bond acceptors (Lipinski definition) is 2. The van der Waals surface area contributed by atoms with Crippen molar-refractivity contribution >= 4 is 40.7 Å². The Balaban J connectivity index is 1.83. The minimum absolute atomic E-state index is 0.0785. The molecule has 144 valence electrons. The third-order valence-electron chi connectivity index (χ3n) is 4.65. The average Bonchev–Trinajstić information content (AvgIpc) is 2.57. The van der Waals surface area contributed by atoms with Crippen molar-refractivity contribution in [2.45, 2.75) is 32.9 Å². The SMILES string of the molecule is CC(C)NC(=O)C[NH+]1CC[NH+]([C@H](C)C(=O)Nc2cc(Cl)ccc2Cl)CC1. The number of halogens is 2. The van der Waals surface area contributed by atoms with E-state index in [2.05, 4.69) is 10.6 Å². The molecule has 6 nitrogen and oxygen atoms in total. The van der Waals surface area contributed by atoms with Gasteiger partial charge in [-0.15, -0.1) is 0 Å². The largest absolute Gasteiger partial charge is 0.349 e. The van der Waals surface area contributed by atoms with Gasteiger partial charge in [-0.1, -0.05) is 23.2 Å². The molecule has 0 saturated carbocycles. The fraction of sp³-hybridized carbons (Fsp3) is 0.556. The van der Waals surface area contributed by atoms with Crippen molar-refractivity contribution in [1.29, 1.82) is 0 Å². The number of anilines is 1. The monoisotopic (exact) mass is 402 g/mol. The summed E-state index contributed by atoms with van der Waals surface area (Å²) in [5.74, 6) is 0.00464. The second-order valence-corrected chi connectivity index (χ2v) is 7.99. The lowest BCUT2D eigenvalue weighted by molar-refractivity contribution is -1.01. The predicted octanol–water partition coefficient (Wildman–Crippen LogP) is -0.372. The summed E-state index contributed by atoms with van der Waals surface area (Å²) in [5.41, 5.74) is 0.532. The van der Waals surface area contributed by atoms with Crippen molar-refractivity contribution in [2.24, 2.45) is 0 Å². The second kappa shape index (κ2) is 9.55. The van der Waals surface area contributed by atoms with Crippen LogP contribution >= 0.6 is 23.2 Å². The van der Waals surface area contributed by atoms with Gasteiger partial charge >= 0.3 is 0 Å². The first-order chi connectivity index (χ1) is 12.3. The van der Waals surface area contributed by atoms with E-state index < -0.39 is 0 Å². The van der Waals surface area contributed by atoms with Gasteiger partial charge in [-0.3, -0.25) is 9.59 Å². The summed E-state index contributed by atoms with van der Waals surface area (Å²) in [6.45, 7) is 9.77. The van der Waals surface area contributed by atoms with Crippen molar-refractivity contribution in [1.82, 2.24) is 5.32 Å². The summed E-state index contributed by atoms with van der Waals surface area (Å²) in [6, 6.07) is 4.97. The third kappa shape index (κ3) is 6.13. The molecule has 4 N–H and O–H groups in total. The molecular formula is C18H28Cl2N4O2+2. The molecule has 1 saturated heterocycles. The molecule has 2 rings (SSSR count). The quantitative estimate of drug-likeness (QED) is 0.524. The van der Waals surface area contributed by atoms with Gasteiger partial charge in [0.15, 0.2) is 12.6 Å². The Morgan fingerprint density at radius 2 is 1.77 bits per heavy atom. The maximum absolute atomic E-state index is 12.6. The molecule has 1 aliphatic heterocycles. The highest BCUT2D eigenvalue weighted by molar-refractivity contribution is 6.35. The maximum Gasteiger partial charge on any atom is 0.282 e. The second-order valence-electron chi connectivity index (χ2n) is 7.14. The smallest absolute Gasteiger partial charge is 0.282 e. The Morgan fingerprint density at radius 3 is 2.38 bits per heavy atom. The van der Waals surface area contributed by atoms with E-state index in [-0.39, 0.29) is 23.9 Å². The van der Waals surface area contributed by atoms with Gasteiger partial charge in [0.2, 0.25) is 0 Å². The first kappa shape index (κ1) is 21.0. The number of carbonyl (C=O) groups is 2. The van der Waals surface area contributed by atoms with Crippen molar-refractivity contribution in [3.8, 4) is 0 Å². The van der Waals surface area contributed by atoms with Crippen LogP contribution in [-0.4, -0.2) is 56.6 Å². The average molecular weight is 403 g/mol. The van der Waals surface area contributed by atoms with Crippen LogP contribution in [0.2, 0.25) is 10.0 Å². The van der Waals surface area contributed by atoms with Crippen molar-refractivity contribution in [3.05, 3.63) is 28.2 Å². The van der Waals surface area contributed by atoms with Gasteiger partial charge in [0.1, 0.15) is 26.2 Å². The van der Waals surface area contributed by atoms with Crippen LogP contribution in [0.3, 0.4) is 0 Å². The molecule has 1 aromatic carbocycles. The van der Waals surface area contributed by atoms with Gasteiger partial charge in [-0.2, -0.15) is 0 Å². The lowest BCUT2D eigenvalue weighted by Crippen LogP contribution is -3.30. The molecule has 1 aromatic rings. The molecule has 0 spiro atoms. The Kier molecular flexibility index (Phi) is 7.70. The molecule has 8 heteroatoms. The van der Waals surface area contributed by atoms with E-state index in [4.69, 9.17) is 23.2 Å². The van der Waals surface area contributed by atoms with Crippen LogP contribution in [0.5, 0.6) is 0 Å². The van der Waals surface area contributed by atoms with Crippen LogP contribution in [0.4, 0.5) is 5.69 Å². The topological polar surface area (TPSA) is 67.1 Å². The van der Waals surface area contributed by atoms with Gasteiger partial charge in [-0.05, 0) is 39.0 Å². The molecule has 1 heterocycles. The first-order valence-electron chi connectivity index (χ1n) is 8.99. The van der Waals surface area contributed by atoms with E-state index in [1.54, 1.807) is 18.2 Å².